The second kappa shape index (κ2) is 4.34. The van der Waals surface area contributed by atoms with E-state index < -0.39 is 0 Å². The molecule has 2 bridgehead atoms. The first kappa shape index (κ1) is 11.5. The van der Waals surface area contributed by atoms with Crippen molar-refractivity contribution in [3.05, 3.63) is 29.3 Å². The molecule has 0 saturated carbocycles. The quantitative estimate of drug-likeness (QED) is 0.826. The molecule has 0 aliphatic carbocycles. The highest BCUT2D eigenvalue weighted by Crippen LogP contribution is 2.38. The van der Waals surface area contributed by atoms with Gasteiger partial charge < -0.3 is 10.1 Å². The zero-order chi connectivity index (χ0) is 12.8. The summed E-state index contributed by atoms with van der Waals surface area (Å²) in [6.07, 6.45) is 5.48. The number of carbonyl (C=O) groups excluding carboxylic acids is 1. The van der Waals surface area contributed by atoms with Crippen molar-refractivity contribution in [3.63, 3.8) is 0 Å². The van der Waals surface area contributed by atoms with E-state index in [9.17, 15) is 4.79 Å². The molecule has 0 aromatic heterocycles. The molecule has 100 valence electrons. The van der Waals surface area contributed by atoms with Gasteiger partial charge in [-0.2, -0.15) is 0 Å². The predicted octanol–water partition coefficient (Wildman–Crippen LogP) is 2.33. The fourth-order valence-electron chi connectivity index (χ4n) is 3.90. The number of rotatable bonds is 2. The first-order valence-corrected chi connectivity index (χ1v) is 7.38. The normalized spacial score (nSPS) is 31.9. The molecule has 3 aliphatic heterocycles. The van der Waals surface area contributed by atoms with Crippen LogP contribution in [-0.4, -0.2) is 24.5 Å². The average molecular weight is 257 g/mol. The van der Waals surface area contributed by atoms with Crippen LogP contribution >= 0.6 is 0 Å². The number of hydrogen-bond acceptors (Lipinski definition) is 3. The first-order valence-electron chi connectivity index (χ1n) is 7.38. The summed E-state index contributed by atoms with van der Waals surface area (Å²) in [4.78, 5) is 12.8. The third kappa shape index (κ3) is 1.79. The van der Waals surface area contributed by atoms with Gasteiger partial charge in [0.05, 0.1) is 12.2 Å². The van der Waals surface area contributed by atoms with Crippen molar-refractivity contribution in [2.75, 3.05) is 6.61 Å². The van der Waals surface area contributed by atoms with Gasteiger partial charge in [-0.1, -0.05) is 12.1 Å². The van der Waals surface area contributed by atoms with Crippen molar-refractivity contribution in [1.29, 1.82) is 0 Å². The third-order valence-corrected chi connectivity index (χ3v) is 4.84. The molecule has 1 N–H and O–H groups in total. The van der Waals surface area contributed by atoms with Crippen molar-refractivity contribution in [3.8, 4) is 5.75 Å². The van der Waals surface area contributed by atoms with E-state index in [0.29, 0.717) is 17.9 Å². The van der Waals surface area contributed by atoms with Gasteiger partial charge in [0.2, 0.25) is 0 Å². The highest BCUT2D eigenvalue weighted by Gasteiger charge is 2.43. The van der Waals surface area contributed by atoms with Crippen LogP contribution in [0.2, 0.25) is 0 Å². The van der Waals surface area contributed by atoms with Crippen LogP contribution < -0.4 is 10.1 Å². The van der Waals surface area contributed by atoms with Gasteiger partial charge in [0, 0.05) is 18.0 Å². The maximum absolute atomic E-state index is 12.8. The van der Waals surface area contributed by atoms with E-state index in [1.165, 1.54) is 12.0 Å². The van der Waals surface area contributed by atoms with Crippen LogP contribution in [0, 0.1) is 5.92 Å². The Bertz CT molecular complexity index is 525. The van der Waals surface area contributed by atoms with Gasteiger partial charge in [0.15, 0.2) is 5.78 Å². The summed E-state index contributed by atoms with van der Waals surface area (Å²) < 4.78 is 5.77. The number of nitrogens with one attached hydrogen (secondary N) is 1. The number of para-hydroxylation sites is 1. The van der Waals surface area contributed by atoms with Gasteiger partial charge in [-0.3, -0.25) is 4.79 Å². The molecule has 3 nitrogen and oxygen atoms in total. The molecule has 1 aromatic carbocycles. The number of ether oxygens (including phenoxy) is 1. The monoisotopic (exact) mass is 257 g/mol. The van der Waals surface area contributed by atoms with E-state index in [1.54, 1.807) is 0 Å². The maximum atomic E-state index is 12.8. The summed E-state index contributed by atoms with van der Waals surface area (Å²) in [6.45, 7) is 0.742. The molecule has 3 aliphatic rings. The summed E-state index contributed by atoms with van der Waals surface area (Å²) in [6, 6.07) is 7.00. The lowest BCUT2D eigenvalue weighted by Gasteiger charge is -2.23. The molecule has 4 rings (SSSR count). The van der Waals surface area contributed by atoms with Crippen molar-refractivity contribution in [2.24, 2.45) is 5.92 Å². The van der Waals surface area contributed by atoms with Crippen LogP contribution in [-0.2, 0) is 6.42 Å². The Morgan fingerprint density at radius 2 is 2.26 bits per heavy atom. The SMILES string of the molecule is O=C(c1cccc2c1OCCC2)C1CC2CCC1N2. The summed E-state index contributed by atoms with van der Waals surface area (Å²) in [5.74, 6) is 1.32. The highest BCUT2D eigenvalue weighted by atomic mass is 16.5. The van der Waals surface area contributed by atoms with E-state index in [4.69, 9.17) is 4.74 Å². The van der Waals surface area contributed by atoms with E-state index in [1.807, 2.05) is 12.1 Å². The van der Waals surface area contributed by atoms with Gasteiger partial charge in [-0.25, -0.2) is 0 Å². The summed E-state index contributed by atoms with van der Waals surface area (Å²) in [5.41, 5.74) is 2.02. The molecule has 0 spiro atoms. The number of Topliss-reactive ketones (excluding diaryl/α,β-unsaturated/α-hetero) is 1. The van der Waals surface area contributed by atoms with Gasteiger partial charge in [0.25, 0.3) is 0 Å². The largest absolute Gasteiger partial charge is 0.493 e. The molecule has 0 amide bonds. The minimum atomic E-state index is 0.163. The maximum Gasteiger partial charge on any atom is 0.171 e. The Morgan fingerprint density at radius 1 is 1.32 bits per heavy atom. The van der Waals surface area contributed by atoms with Gasteiger partial charge in [0.1, 0.15) is 5.75 Å². The Morgan fingerprint density at radius 3 is 3.05 bits per heavy atom. The van der Waals surface area contributed by atoms with Crippen molar-refractivity contribution in [1.82, 2.24) is 5.32 Å². The van der Waals surface area contributed by atoms with Crippen molar-refractivity contribution < 1.29 is 9.53 Å². The molecule has 3 unspecified atom stereocenters. The van der Waals surface area contributed by atoms with Crippen LogP contribution in [0.3, 0.4) is 0 Å². The number of benzene rings is 1. The van der Waals surface area contributed by atoms with Gasteiger partial charge in [-0.05, 0) is 43.7 Å². The second-order valence-electron chi connectivity index (χ2n) is 6.00. The topological polar surface area (TPSA) is 38.3 Å². The zero-order valence-corrected chi connectivity index (χ0v) is 11.0. The molecular weight excluding hydrogens is 238 g/mol. The van der Waals surface area contributed by atoms with Crippen LogP contribution in [0.25, 0.3) is 0 Å². The molecule has 2 saturated heterocycles. The zero-order valence-electron chi connectivity index (χ0n) is 11.0. The minimum Gasteiger partial charge on any atom is -0.493 e. The summed E-state index contributed by atoms with van der Waals surface area (Å²) >= 11 is 0. The van der Waals surface area contributed by atoms with Crippen molar-refractivity contribution in [2.45, 2.75) is 44.2 Å². The fourth-order valence-corrected chi connectivity index (χ4v) is 3.90. The molecule has 2 fully saturated rings. The lowest BCUT2D eigenvalue weighted by molar-refractivity contribution is 0.0895. The van der Waals surface area contributed by atoms with Crippen molar-refractivity contribution >= 4 is 5.78 Å². The van der Waals surface area contributed by atoms with E-state index in [0.717, 1.165) is 43.6 Å². The third-order valence-electron chi connectivity index (χ3n) is 4.84. The molecular formula is C16H19NO2. The molecule has 3 atom stereocenters. The van der Waals surface area contributed by atoms with Gasteiger partial charge >= 0.3 is 0 Å². The fraction of sp³-hybridized carbons (Fsp3) is 0.562. The first-order chi connectivity index (χ1) is 9.33. The number of fused-ring (bicyclic) bond motifs is 3. The molecule has 3 heterocycles. The van der Waals surface area contributed by atoms with Gasteiger partial charge in [-0.15, -0.1) is 0 Å². The van der Waals surface area contributed by atoms with Crippen LogP contribution in [0.5, 0.6) is 5.75 Å². The van der Waals surface area contributed by atoms with E-state index >= 15 is 0 Å². The molecule has 19 heavy (non-hydrogen) atoms. The Balaban J connectivity index is 1.67. The number of carbonyl (C=O) groups is 1. The number of ketones is 1. The number of hydrogen-bond donors (Lipinski definition) is 1. The number of aryl methyl sites for hydroxylation is 1. The molecule has 1 aromatic rings. The average Bonchev–Trinajstić information content (AvgIpc) is 3.08. The van der Waals surface area contributed by atoms with Crippen LogP contribution in [0.15, 0.2) is 18.2 Å². The van der Waals surface area contributed by atoms with Crippen LogP contribution in [0.4, 0.5) is 0 Å². The Kier molecular flexibility index (Phi) is 2.62. The van der Waals surface area contributed by atoms with E-state index in [2.05, 4.69) is 11.4 Å². The Hall–Kier alpha value is -1.35. The smallest absolute Gasteiger partial charge is 0.171 e. The van der Waals surface area contributed by atoms with Crippen LogP contribution in [0.1, 0.15) is 41.6 Å². The Labute approximate surface area is 113 Å². The summed E-state index contributed by atoms with van der Waals surface area (Å²) in [5, 5.41) is 3.55. The summed E-state index contributed by atoms with van der Waals surface area (Å²) in [7, 11) is 0. The predicted molar refractivity (Wildman–Crippen MR) is 72.6 cm³/mol. The standard InChI is InChI=1S/C16H19NO2/c18-15(13-9-11-6-7-14(13)17-11)12-5-1-3-10-4-2-8-19-16(10)12/h1,3,5,11,13-14,17H,2,4,6-9H2. The second-order valence-corrected chi connectivity index (χ2v) is 6.00. The van der Waals surface area contributed by atoms with E-state index in [-0.39, 0.29) is 5.92 Å². The molecule has 3 heteroatoms. The minimum absolute atomic E-state index is 0.163. The lowest BCUT2D eigenvalue weighted by Crippen LogP contribution is -2.29. The molecule has 0 radical (unpaired) electrons. The highest BCUT2D eigenvalue weighted by molar-refractivity contribution is 6.01. The lowest BCUT2D eigenvalue weighted by atomic mass is 9.83.